The summed E-state index contributed by atoms with van der Waals surface area (Å²) in [6.07, 6.45) is 1.18. The van der Waals surface area contributed by atoms with Crippen molar-refractivity contribution < 1.29 is 4.74 Å². The Hall–Kier alpha value is -1.91. The molecule has 1 aromatic heterocycles. The average molecular weight is 260 g/mol. The van der Waals surface area contributed by atoms with Gasteiger partial charge in [0.05, 0.1) is 11.8 Å². The highest BCUT2D eigenvalue weighted by Crippen LogP contribution is 2.20. The van der Waals surface area contributed by atoms with E-state index < -0.39 is 0 Å². The molecule has 2 aromatic rings. The lowest BCUT2D eigenvalue weighted by Gasteiger charge is -2.14. The molecule has 102 valence electrons. The predicted molar refractivity (Wildman–Crippen MR) is 73.6 cm³/mol. The molecule has 5 nitrogen and oxygen atoms in total. The standard InChI is InChI=1S/C14H20N4O/c1-5-11(4)19-13-8-6-7-12(9-13)18-14(10(2)3)15-16-17-18/h6-11H,5H2,1-4H3. The van der Waals surface area contributed by atoms with Gasteiger partial charge in [-0.3, -0.25) is 0 Å². The van der Waals surface area contributed by atoms with Crippen LogP contribution in [0, 0.1) is 0 Å². The first-order valence-electron chi connectivity index (χ1n) is 6.67. The minimum absolute atomic E-state index is 0.202. The van der Waals surface area contributed by atoms with E-state index in [-0.39, 0.29) is 12.0 Å². The molecule has 0 fully saturated rings. The molecule has 0 bridgehead atoms. The van der Waals surface area contributed by atoms with E-state index in [0.29, 0.717) is 0 Å². The molecule has 1 unspecified atom stereocenters. The average Bonchev–Trinajstić information content (AvgIpc) is 2.88. The van der Waals surface area contributed by atoms with E-state index in [1.165, 1.54) is 0 Å². The molecule has 0 saturated heterocycles. The summed E-state index contributed by atoms with van der Waals surface area (Å²) in [4.78, 5) is 0. The Kier molecular flexibility index (Phi) is 4.14. The molecule has 0 radical (unpaired) electrons. The monoisotopic (exact) mass is 260 g/mol. The minimum atomic E-state index is 0.202. The van der Waals surface area contributed by atoms with Gasteiger partial charge in [0, 0.05) is 12.0 Å². The Morgan fingerprint density at radius 3 is 2.74 bits per heavy atom. The molecule has 1 aromatic carbocycles. The van der Waals surface area contributed by atoms with Gasteiger partial charge >= 0.3 is 0 Å². The van der Waals surface area contributed by atoms with Crippen LogP contribution in [0.3, 0.4) is 0 Å². The van der Waals surface area contributed by atoms with Gasteiger partial charge in [-0.15, -0.1) is 5.10 Å². The number of ether oxygens (including phenoxy) is 1. The van der Waals surface area contributed by atoms with E-state index in [4.69, 9.17) is 4.74 Å². The zero-order valence-corrected chi connectivity index (χ0v) is 11.9. The summed E-state index contributed by atoms with van der Waals surface area (Å²) >= 11 is 0. The summed E-state index contributed by atoms with van der Waals surface area (Å²) in [5.74, 6) is 1.96. The van der Waals surface area contributed by atoms with Crippen LogP contribution in [-0.2, 0) is 0 Å². The van der Waals surface area contributed by atoms with Gasteiger partial charge in [-0.1, -0.05) is 26.8 Å². The molecule has 0 aliphatic heterocycles. The highest BCUT2D eigenvalue weighted by Gasteiger charge is 2.12. The number of hydrogen-bond acceptors (Lipinski definition) is 4. The smallest absolute Gasteiger partial charge is 0.159 e. The van der Waals surface area contributed by atoms with Crippen molar-refractivity contribution in [2.45, 2.75) is 46.1 Å². The zero-order chi connectivity index (χ0) is 13.8. The van der Waals surface area contributed by atoms with Crippen LogP contribution in [0.1, 0.15) is 45.9 Å². The summed E-state index contributed by atoms with van der Waals surface area (Å²) in [6, 6.07) is 7.86. The zero-order valence-electron chi connectivity index (χ0n) is 11.9. The lowest BCUT2D eigenvalue weighted by Crippen LogP contribution is -2.10. The van der Waals surface area contributed by atoms with E-state index in [0.717, 1.165) is 23.7 Å². The van der Waals surface area contributed by atoms with Crippen LogP contribution in [0.4, 0.5) is 0 Å². The third-order valence-corrected chi connectivity index (χ3v) is 2.98. The van der Waals surface area contributed by atoms with Crippen LogP contribution >= 0.6 is 0 Å². The van der Waals surface area contributed by atoms with E-state index in [1.54, 1.807) is 4.68 Å². The first kappa shape index (κ1) is 13.5. The largest absolute Gasteiger partial charge is 0.491 e. The van der Waals surface area contributed by atoms with Crippen molar-refractivity contribution in [3.8, 4) is 11.4 Å². The third kappa shape index (κ3) is 3.10. The van der Waals surface area contributed by atoms with Gasteiger partial charge in [0.25, 0.3) is 0 Å². The minimum Gasteiger partial charge on any atom is -0.491 e. The maximum atomic E-state index is 5.82. The molecule has 1 atom stereocenters. The summed E-state index contributed by atoms with van der Waals surface area (Å²) < 4.78 is 7.58. The van der Waals surface area contributed by atoms with E-state index in [1.807, 2.05) is 24.3 Å². The van der Waals surface area contributed by atoms with Crippen LogP contribution in [0.5, 0.6) is 5.75 Å². The fourth-order valence-electron chi connectivity index (χ4n) is 1.74. The van der Waals surface area contributed by atoms with E-state index >= 15 is 0 Å². The number of aromatic nitrogens is 4. The van der Waals surface area contributed by atoms with Crippen molar-refractivity contribution in [1.29, 1.82) is 0 Å². The van der Waals surface area contributed by atoms with Gasteiger partial charge in [0.2, 0.25) is 0 Å². The number of hydrogen-bond donors (Lipinski definition) is 0. The number of tetrazole rings is 1. The molecule has 19 heavy (non-hydrogen) atoms. The van der Waals surface area contributed by atoms with Crippen LogP contribution in [0.25, 0.3) is 5.69 Å². The second-order valence-electron chi connectivity index (χ2n) is 4.94. The Morgan fingerprint density at radius 2 is 2.05 bits per heavy atom. The molecular formula is C14H20N4O. The highest BCUT2D eigenvalue weighted by molar-refractivity contribution is 5.39. The van der Waals surface area contributed by atoms with Crippen molar-refractivity contribution >= 4 is 0 Å². The SMILES string of the molecule is CCC(C)Oc1cccc(-n2nnnc2C(C)C)c1. The third-order valence-electron chi connectivity index (χ3n) is 2.98. The van der Waals surface area contributed by atoms with Crippen molar-refractivity contribution in [1.82, 2.24) is 20.2 Å². The summed E-state index contributed by atoms with van der Waals surface area (Å²) in [5.41, 5.74) is 0.925. The molecule has 0 N–H and O–H groups in total. The molecule has 0 amide bonds. The van der Waals surface area contributed by atoms with E-state index in [9.17, 15) is 0 Å². The Labute approximate surface area is 113 Å². The Bertz CT molecular complexity index is 536. The van der Waals surface area contributed by atoms with Crippen LogP contribution in [0.15, 0.2) is 24.3 Å². The number of nitrogens with zero attached hydrogens (tertiary/aromatic N) is 4. The highest BCUT2D eigenvalue weighted by atomic mass is 16.5. The topological polar surface area (TPSA) is 52.8 Å². The quantitative estimate of drug-likeness (QED) is 0.829. The van der Waals surface area contributed by atoms with Crippen LogP contribution < -0.4 is 4.74 Å². The molecule has 5 heteroatoms. The van der Waals surface area contributed by atoms with Gasteiger partial charge in [-0.25, -0.2) is 0 Å². The van der Waals surface area contributed by atoms with Gasteiger partial charge < -0.3 is 4.74 Å². The van der Waals surface area contributed by atoms with Gasteiger partial charge in [0.1, 0.15) is 5.75 Å². The molecular weight excluding hydrogens is 240 g/mol. The number of rotatable bonds is 5. The lowest BCUT2D eigenvalue weighted by molar-refractivity contribution is 0.217. The summed E-state index contributed by atoms with van der Waals surface area (Å²) in [7, 11) is 0. The van der Waals surface area contributed by atoms with Gasteiger partial charge in [-0.05, 0) is 35.9 Å². The molecule has 2 rings (SSSR count). The van der Waals surface area contributed by atoms with Crippen molar-refractivity contribution in [3.05, 3.63) is 30.1 Å². The maximum Gasteiger partial charge on any atom is 0.159 e. The fourth-order valence-corrected chi connectivity index (χ4v) is 1.74. The van der Waals surface area contributed by atoms with Gasteiger partial charge in [-0.2, -0.15) is 4.68 Å². The predicted octanol–water partition coefficient (Wildman–Crippen LogP) is 2.96. The number of benzene rings is 1. The van der Waals surface area contributed by atoms with Gasteiger partial charge in [0.15, 0.2) is 5.82 Å². The molecule has 1 heterocycles. The molecule has 0 saturated carbocycles. The van der Waals surface area contributed by atoms with Crippen LogP contribution in [-0.4, -0.2) is 26.3 Å². The summed E-state index contributed by atoms with van der Waals surface area (Å²) in [6.45, 7) is 8.30. The van der Waals surface area contributed by atoms with Crippen LogP contribution in [0.2, 0.25) is 0 Å². The first-order valence-corrected chi connectivity index (χ1v) is 6.67. The summed E-state index contributed by atoms with van der Waals surface area (Å²) in [5, 5.41) is 11.9. The van der Waals surface area contributed by atoms with Crippen molar-refractivity contribution in [2.75, 3.05) is 0 Å². The molecule has 0 aliphatic rings. The van der Waals surface area contributed by atoms with Crippen molar-refractivity contribution in [3.63, 3.8) is 0 Å². The molecule has 0 spiro atoms. The fraction of sp³-hybridized carbons (Fsp3) is 0.500. The maximum absolute atomic E-state index is 5.82. The normalized spacial score (nSPS) is 12.7. The van der Waals surface area contributed by atoms with Crippen molar-refractivity contribution in [2.24, 2.45) is 0 Å². The second-order valence-corrected chi connectivity index (χ2v) is 4.94. The lowest BCUT2D eigenvalue weighted by atomic mass is 10.2. The second kappa shape index (κ2) is 5.82. The van der Waals surface area contributed by atoms with E-state index in [2.05, 4.69) is 43.2 Å². The Balaban J connectivity index is 2.30. The first-order chi connectivity index (χ1) is 9.11. The molecule has 0 aliphatic carbocycles. The Morgan fingerprint density at radius 1 is 1.26 bits per heavy atom.